The van der Waals surface area contributed by atoms with Crippen molar-refractivity contribution in [2.24, 2.45) is 0 Å². The minimum Gasteiger partial charge on any atom is -0.347 e. The Kier molecular flexibility index (Phi) is 4.91. The molecule has 0 aliphatic rings. The average Bonchev–Trinajstić information content (AvgIpc) is 2.46. The summed E-state index contributed by atoms with van der Waals surface area (Å²) in [6, 6.07) is 7.91. The lowest BCUT2D eigenvalue weighted by atomic mass is 10.1. The summed E-state index contributed by atoms with van der Waals surface area (Å²) in [6.45, 7) is 6.40. The lowest BCUT2D eigenvalue weighted by Gasteiger charge is -2.10. The Balaban J connectivity index is 2.14. The molecule has 1 amide bonds. The highest BCUT2D eigenvalue weighted by molar-refractivity contribution is 6.33. The molecule has 4 nitrogen and oxygen atoms in total. The van der Waals surface area contributed by atoms with E-state index in [4.69, 9.17) is 11.6 Å². The van der Waals surface area contributed by atoms with Crippen molar-refractivity contribution in [2.45, 2.75) is 33.2 Å². The zero-order valence-corrected chi connectivity index (χ0v) is 13.1. The summed E-state index contributed by atoms with van der Waals surface area (Å²) in [5, 5.41) is 3.11. The molecule has 1 heterocycles. The number of halogens is 1. The number of hydrogen-bond donors (Lipinski definition) is 1. The Morgan fingerprint density at radius 3 is 2.71 bits per heavy atom. The fraction of sp³-hybridized carbons (Fsp3) is 0.312. The number of carbonyl (C=O) groups excluding carboxylic acids is 1. The largest absolute Gasteiger partial charge is 0.347 e. The average molecular weight is 304 g/mol. The van der Waals surface area contributed by atoms with Crippen LogP contribution < -0.4 is 5.32 Å². The van der Waals surface area contributed by atoms with Gasteiger partial charge in [0, 0.05) is 12.5 Å². The Bertz CT molecular complexity index is 656. The van der Waals surface area contributed by atoms with Crippen molar-refractivity contribution in [3.05, 3.63) is 58.1 Å². The number of aromatic nitrogens is 2. The van der Waals surface area contributed by atoms with Gasteiger partial charge in [0.15, 0.2) is 0 Å². The Morgan fingerprint density at radius 1 is 1.33 bits per heavy atom. The van der Waals surface area contributed by atoms with Crippen LogP contribution in [-0.4, -0.2) is 15.9 Å². The quantitative estimate of drug-likeness (QED) is 0.940. The molecule has 21 heavy (non-hydrogen) atoms. The third kappa shape index (κ3) is 3.79. The number of carbonyl (C=O) groups is 1. The predicted molar refractivity (Wildman–Crippen MR) is 83.5 cm³/mol. The van der Waals surface area contributed by atoms with Gasteiger partial charge >= 0.3 is 0 Å². The van der Waals surface area contributed by atoms with Gasteiger partial charge in [-0.25, -0.2) is 9.97 Å². The third-order valence-electron chi connectivity index (χ3n) is 3.19. The van der Waals surface area contributed by atoms with Crippen molar-refractivity contribution in [1.82, 2.24) is 15.3 Å². The highest BCUT2D eigenvalue weighted by atomic mass is 35.5. The van der Waals surface area contributed by atoms with E-state index >= 15 is 0 Å². The number of amides is 1. The minimum atomic E-state index is -0.285. The molecule has 0 atom stereocenters. The summed E-state index contributed by atoms with van der Waals surface area (Å²) in [6.07, 6.45) is 1.48. The van der Waals surface area contributed by atoms with Crippen LogP contribution in [0.5, 0.6) is 0 Å². The molecule has 2 aromatic rings. The first-order valence-electron chi connectivity index (χ1n) is 6.84. The summed E-state index contributed by atoms with van der Waals surface area (Å²) in [7, 11) is 0. The minimum absolute atomic E-state index is 0.144. The number of benzene rings is 1. The maximum Gasteiger partial charge on any atom is 0.271 e. The zero-order valence-electron chi connectivity index (χ0n) is 12.4. The molecule has 1 N–H and O–H groups in total. The number of aryl methyl sites for hydroxylation is 1. The number of nitrogens with zero attached hydrogens (tertiary/aromatic N) is 2. The Labute approximate surface area is 129 Å². The fourth-order valence-electron chi connectivity index (χ4n) is 1.89. The van der Waals surface area contributed by atoms with E-state index < -0.39 is 0 Å². The van der Waals surface area contributed by atoms with E-state index in [2.05, 4.69) is 15.3 Å². The Hall–Kier alpha value is -1.94. The van der Waals surface area contributed by atoms with Gasteiger partial charge in [0.1, 0.15) is 11.5 Å². The zero-order chi connectivity index (χ0) is 15.4. The van der Waals surface area contributed by atoms with Crippen LogP contribution in [0.2, 0.25) is 5.02 Å². The van der Waals surface area contributed by atoms with E-state index in [0.29, 0.717) is 12.4 Å². The highest BCUT2D eigenvalue weighted by Crippen LogP contribution is 2.16. The lowest BCUT2D eigenvalue weighted by molar-refractivity contribution is 0.0945. The third-order valence-corrected chi connectivity index (χ3v) is 3.47. The van der Waals surface area contributed by atoms with Gasteiger partial charge in [0.25, 0.3) is 5.91 Å². The smallest absolute Gasteiger partial charge is 0.271 e. The first-order chi connectivity index (χ1) is 9.99. The van der Waals surface area contributed by atoms with E-state index in [1.807, 2.05) is 45.0 Å². The van der Waals surface area contributed by atoms with Gasteiger partial charge in [-0.3, -0.25) is 4.79 Å². The fourth-order valence-corrected chi connectivity index (χ4v) is 2.06. The first kappa shape index (κ1) is 15.4. The molecule has 5 heteroatoms. The van der Waals surface area contributed by atoms with Gasteiger partial charge in [-0.2, -0.15) is 0 Å². The van der Waals surface area contributed by atoms with Crippen LogP contribution in [0.4, 0.5) is 0 Å². The van der Waals surface area contributed by atoms with Crippen LogP contribution in [0.3, 0.4) is 0 Å². The molecule has 0 aliphatic heterocycles. The van der Waals surface area contributed by atoms with Crippen molar-refractivity contribution in [3.8, 4) is 0 Å². The molecule has 1 aromatic heterocycles. The molecule has 0 unspecified atom stereocenters. The van der Waals surface area contributed by atoms with Crippen LogP contribution >= 0.6 is 11.6 Å². The second-order valence-electron chi connectivity index (χ2n) is 5.19. The standard InChI is InChI=1S/C16H18ClN3O/c1-10(2)15-18-9-13(17)14(20-15)16(21)19-8-12-7-5-4-6-11(12)3/h4-7,9-10H,8H2,1-3H3,(H,19,21). The molecule has 2 rings (SSSR count). The van der Waals surface area contributed by atoms with Gasteiger partial charge in [-0.15, -0.1) is 0 Å². The number of rotatable bonds is 4. The maximum absolute atomic E-state index is 12.2. The Morgan fingerprint density at radius 2 is 2.05 bits per heavy atom. The topological polar surface area (TPSA) is 54.9 Å². The summed E-state index contributed by atoms with van der Waals surface area (Å²) < 4.78 is 0. The van der Waals surface area contributed by atoms with Crippen molar-refractivity contribution >= 4 is 17.5 Å². The summed E-state index contributed by atoms with van der Waals surface area (Å²) in [5.74, 6) is 0.471. The van der Waals surface area contributed by atoms with Crippen molar-refractivity contribution in [1.29, 1.82) is 0 Å². The van der Waals surface area contributed by atoms with Gasteiger partial charge < -0.3 is 5.32 Å². The van der Waals surface area contributed by atoms with Gasteiger partial charge in [-0.05, 0) is 18.1 Å². The van der Waals surface area contributed by atoms with Crippen molar-refractivity contribution < 1.29 is 4.79 Å². The van der Waals surface area contributed by atoms with Crippen molar-refractivity contribution in [2.75, 3.05) is 0 Å². The maximum atomic E-state index is 12.2. The molecule has 1 aromatic carbocycles. The second kappa shape index (κ2) is 6.68. The van der Waals surface area contributed by atoms with Gasteiger partial charge in [-0.1, -0.05) is 49.7 Å². The summed E-state index contributed by atoms with van der Waals surface area (Å²) in [5.41, 5.74) is 2.43. The molecule has 0 fully saturated rings. The highest BCUT2D eigenvalue weighted by Gasteiger charge is 2.15. The SMILES string of the molecule is Cc1ccccc1CNC(=O)c1nc(C(C)C)ncc1Cl. The molecular formula is C16H18ClN3O. The normalized spacial score (nSPS) is 10.7. The molecule has 0 radical (unpaired) electrons. The number of hydrogen-bond acceptors (Lipinski definition) is 3. The summed E-state index contributed by atoms with van der Waals surface area (Å²) in [4.78, 5) is 20.6. The van der Waals surface area contributed by atoms with Crippen molar-refractivity contribution in [3.63, 3.8) is 0 Å². The van der Waals surface area contributed by atoms with Crippen LogP contribution in [0.25, 0.3) is 0 Å². The lowest BCUT2D eigenvalue weighted by Crippen LogP contribution is -2.25. The van der Waals surface area contributed by atoms with Crippen LogP contribution in [0.15, 0.2) is 30.5 Å². The van der Waals surface area contributed by atoms with Crippen LogP contribution in [0, 0.1) is 6.92 Å². The molecular weight excluding hydrogens is 286 g/mol. The van der Waals surface area contributed by atoms with Crippen LogP contribution in [-0.2, 0) is 6.54 Å². The van der Waals surface area contributed by atoms with E-state index in [1.165, 1.54) is 6.20 Å². The molecule has 0 bridgehead atoms. The van der Waals surface area contributed by atoms with E-state index in [9.17, 15) is 4.79 Å². The second-order valence-corrected chi connectivity index (χ2v) is 5.60. The molecule has 0 spiro atoms. The summed E-state index contributed by atoms with van der Waals surface area (Å²) >= 11 is 6.02. The predicted octanol–water partition coefficient (Wildman–Crippen LogP) is 3.49. The van der Waals surface area contributed by atoms with E-state index in [1.54, 1.807) is 0 Å². The molecule has 0 saturated heterocycles. The molecule has 0 saturated carbocycles. The van der Waals surface area contributed by atoms with E-state index in [0.717, 1.165) is 11.1 Å². The molecule has 110 valence electrons. The van der Waals surface area contributed by atoms with Gasteiger partial charge in [0.2, 0.25) is 0 Å². The van der Waals surface area contributed by atoms with Crippen LogP contribution in [0.1, 0.15) is 47.2 Å². The monoisotopic (exact) mass is 303 g/mol. The number of nitrogens with one attached hydrogen (secondary N) is 1. The molecule has 0 aliphatic carbocycles. The first-order valence-corrected chi connectivity index (χ1v) is 7.22. The van der Waals surface area contributed by atoms with Gasteiger partial charge in [0.05, 0.1) is 11.2 Å². The van der Waals surface area contributed by atoms with E-state index in [-0.39, 0.29) is 22.5 Å².